The third-order valence-electron chi connectivity index (χ3n) is 3.98. The molecule has 1 heterocycles. The quantitative estimate of drug-likeness (QED) is 0.608. The van der Waals surface area contributed by atoms with E-state index in [1.165, 1.54) is 5.56 Å². The molecule has 1 atom stereocenters. The van der Waals surface area contributed by atoms with E-state index in [1.54, 1.807) is 0 Å². The van der Waals surface area contributed by atoms with Gasteiger partial charge in [-0.05, 0) is 36.6 Å². The van der Waals surface area contributed by atoms with Gasteiger partial charge in [-0.25, -0.2) is 0 Å². The summed E-state index contributed by atoms with van der Waals surface area (Å²) in [5.74, 6) is 0. The highest BCUT2D eigenvalue weighted by Gasteiger charge is 2.15. The molecule has 0 aliphatic carbocycles. The van der Waals surface area contributed by atoms with Crippen LogP contribution < -0.4 is 16.4 Å². The Bertz CT molecular complexity index is 530. The van der Waals surface area contributed by atoms with Gasteiger partial charge in [0.1, 0.15) is 0 Å². The van der Waals surface area contributed by atoms with Gasteiger partial charge in [0.15, 0.2) is 0 Å². The van der Waals surface area contributed by atoms with Gasteiger partial charge in [0.25, 0.3) is 0 Å². The van der Waals surface area contributed by atoms with Gasteiger partial charge in [0.05, 0.1) is 19.3 Å². The molecule has 1 aromatic carbocycles. The third kappa shape index (κ3) is 4.32. The molecular weight excluding hydrogens is 276 g/mol. The first kappa shape index (κ1) is 16.5. The Morgan fingerprint density at radius 1 is 1.41 bits per heavy atom. The highest BCUT2D eigenvalue weighted by molar-refractivity contribution is 5.97. The van der Waals surface area contributed by atoms with E-state index in [2.05, 4.69) is 22.8 Å². The van der Waals surface area contributed by atoms with Crippen LogP contribution in [0, 0.1) is 5.41 Å². The minimum Gasteiger partial charge on any atom is -0.400 e. The van der Waals surface area contributed by atoms with Crippen molar-refractivity contribution in [3.63, 3.8) is 0 Å². The first-order chi connectivity index (χ1) is 10.6. The number of anilines is 1. The molecule has 0 bridgehead atoms. The van der Waals surface area contributed by atoms with Crippen molar-refractivity contribution in [2.75, 3.05) is 31.6 Å². The lowest BCUT2D eigenvalue weighted by atomic mass is 10.1. The van der Waals surface area contributed by atoms with E-state index in [-0.39, 0.29) is 6.10 Å². The van der Waals surface area contributed by atoms with E-state index in [1.807, 2.05) is 26.0 Å². The highest BCUT2D eigenvalue weighted by atomic mass is 16.5. The van der Waals surface area contributed by atoms with Crippen LogP contribution >= 0.6 is 0 Å². The normalized spacial score (nSPS) is 19.5. The van der Waals surface area contributed by atoms with E-state index in [0.717, 1.165) is 36.7 Å². The molecule has 5 nitrogen and oxygen atoms in total. The number of morpholine rings is 1. The number of hydrogen-bond acceptors (Lipinski definition) is 5. The molecule has 1 aliphatic rings. The van der Waals surface area contributed by atoms with Crippen LogP contribution in [0.4, 0.5) is 5.69 Å². The first-order valence-corrected chi connectivity index (χ1v) is 7.81. The molecule has 1 unspecified atom stereocenters. The first-order valence-electron chi connectivity index (χ1n) is 7.81. The third-order valence-corrected chi connectivity index (χ3v) is 3.98. The Hall–Kier alpha value is -1.85. The topological polar surface area (TPSA) is 83.2 Å². The minimum absolute atomic E-state index is 0.139. The molecule has 5 N–H and O–H groups in total. The maximum atomic E-state index is 7.81. The number of nitrogens with two attached hydrogens (primary N) is 1. The Balaban J connectivity index is 1.92. The molecule has 22 heavy (non-hydrogen) atoms. The van der Waals surface area contributed by atoms with E-state index >= 15 is 0 Å². The molecule has 5 heteroatoms. The van der Waals surface area contributed by atoms with Gasteiger partial charge in [0, 0.05) is 30.2 Å². The second-order valence-electron chi connectivity index (χ2n) is 5.52. The van der Waals surface area contributed by atoms with Crippen LogP contribution in [0.2, 0.25) is 0 Å². The van der Waals surface area contributed by atoms with Crippen molar-refractivity contribution >= 4 is 11.4 Å². The molecule has 0 amide bonds. The fourth-order valence-electron chi connectivity index (χ4n) is 2.38. The summed E-state index contributed by atoms with van der Waals surface area (Å²) in [6, 6.07) is 8.25. The van der Waals surface area contributed by atoms with Gasteiger partial charge in [-0.2, -0.15) is 0 Å². The Morgan fingerprint density at radius 2 is 2.14 bits per heavy atom. The van der Waals surface area contributed by atoms with Gasteiger partial charge in [-0.3, -0.25) is 0 Å². The minimum atomic E-state index is 0.139. The lowest BCUT2D eigenvalue weighted by Gasteiger charge is -2.24. The Kier molecular flexibility index (Phi) is 5.98. The van der Waals surface area contributed by atoms with Crippen LogP contribution in [0.25, 0.3) is 0 Å². The van der Waals surface area contributed by atoms with Crippen molar-refractivity contribution < 1.29 is 4.74 Å². The molecule has 1 aromatic rings. The summed E-state index contributed by atoms with van der Waals surface area (Å²) in [5.41, 5.74) is 10.4. The molecule has 1 aliphatic heterocycles. The van der Waals surface area contributed by atoms with Crippen molar-refractivity contribution in [2.45, 2.75) is 26.4 Å². The Morgan fingerprint density at radius 3 is 2.73 bits per heavy atom. The lowest BCUT2D eigenvalue weighted by molar-refractivity contribution is 0.0277. The summed E-state index contributed by atoms with van der Waals surface area (Å²) in [5, 5.41) is 14.4. The second kappa shape index (κ2) is 7.96. The summed E-state index contributed by atoms with van der Waals surface area (Å²) in [7, 11) is 0. The van der Waals surface area contributed by atoms with Gasteiger partial charge >= 0.3 is 0 Å². The van der Waals surface area contributed by atoms with Crippen LogP contribution in [0.3, 0.4) is 0 Å². The molecule has 1 saturated heterocycles. The highest BCUT2D eigenvalue weighted by Crippen LogP contribution is 2.20. The largest absolute Gasteiger partial charge is 0.400 e. The fourth-order valence-corrected chi connectivity index (χ4v) is 2.38. The fraction of sp³-hybridized carbons (Fsp3) is 0.471. The zero-order chi connectivity index (χ0) is 15.9. The summed E-state index contributed by atoms with van der Waals surface area (Å²) in [6.07, 6.45) is 0.844. The van der Waals surface area contributed by atoms with Gasteiger partial charge in [-0.15, -0.1) is 0 Å². The van der Waals surface area contributed by atoms with Crippen molar-refractivity contribution in [2.24, 2.45) is 5.73 Å². The van der Waals surface area contributed by atoms with Crippen molar-refractivity contribution in [3.8, 4) is 0 Å². The molecule has 0 radical (unpaired) electrons. The lowest BCUT2D eigenvalue weighted by Crippen LogP contribution is -2.33. The predicted octanol–water partition coefficient (Wildman–Crippen LogP) is 2.42. The van der Waals surface area contributed by atoms with E-state index in [0.29, 0.717) is 18.7 Å². The molecule has 2 rings (SSSR count). The number of hydrogen-bond donors (Lipinski definition) is 4. The van der Waals surface area contributed by atoms with Crippen LogP contribution in [0.5, 0.6) is 0 Å². The molecule has 0 saturated carbocycles. The summed E-state index contributed by atoms with van der Waals surface area (Å²) in [4.78, 5) is 0. The smallest absolute Gasteiger partial charge is 0.0949 e. The summed E-state index contributed by atoms with van der Waals surface area (Å²) >= 11 is 0. The maximum absolute atomic E-state index is 7.81. The number of rotatable bonds is 6. The van der Waals surface area contributed by atoms with Gasteiger partial charge < -0.3 is 26.5 Å². The van der Waals surface area contributed by atoms with Crippen molar-refractivity contribution in [1.29, 1.82) is 5.41 Å². The second-order valence-corrected chi connectivity index (χ2v) is 5.52. The molecule has 120 valence electrons. The van der Waals surface area contributed by atoms with Gasteiger partial charge in [0.2, 0.25) is 0 Å². The number of benzene rings is 1. The van der Waals surface area contributed by atoms with Gasteiger partial charge in [-0.1, -0.05) is 19.1 Å². The SMILES string of the molecule is CCC(=N)C(C)=C(N)CNc1ccc(C2CNCCO2)cc1. The standard InChI is InChI=1S/C17H26N4O/c1-3-15(18)12(2)16(19)10-21-14-6-4-13(5-7-14)17-11-20-8-9-22-17/h4-7,17-18,20-21H,3,8-11,19H2,1-2H3. The van der Waals surface area contributed by atoms with E-state index < -0.39 is 0 Å². The van der Waals surface area contributed by atoms with Crippen LogP contribution in [0.1, 0.15) is 31.9 Å². The zero-order valence-electron chi connectivity index (χ0n) is 13.4. The number of nitrogens with one attached hydrogen (secondary N) is 3. The van der Waals surface area contributed by atoms with Crippen molar-refractivity contribution in [1.82, 2.24) is 5.32 Å². The average Bonchev–Trinajstić information content (AvgIpc) is 2.59. The van der Waals surface area contributed by atoms with E-state index in [4.69, 9.17) is 15.9 Å². The monoisotopic (exact) mass is 302 g/mol. The summed E-state index contributed by atoms with van der Waals surface area (Å²) < 4.78 is 5.74. The molecular formula is C17H26N4O. The van der Waals surface area contributed by atoms with Crippen molar-refractivity contribution in [3.05, 3.63) is 41.1 Å². The maximum Gasteiger partial charge on any atom is 0.0949 e. The number of allylic oxidation sites excluding steroid dienone is 1. The number of ether oxygens (including phenoxy) is 1. The van der Waals surface area contributed by atoms with Crippen LogP contribution in [-0.2, 0) is 4.74 Å². The van der Waals surface area contributed by atoms with Crippen LogP contribution in [0.15, 0.2) is 35.5 Å². The molecule has 0 aromatic heterocycles. The zero-order valence-corrected chi connectivity index (χ0v) is 13.4. The Labute approximate surface area is 132 Å². The summed E-state index contributed by atoms with van der Waals surface area (Å²) in [6.45, 7) is 6.96. The molecule has 0 spiro atoms. The predicted molar refractivity (Wildman–Crippen MR) is 91.4 cm³/mol. The average molecular weight is 302 g/mol. The van der Waals surface area contributed by atoms with E-state index in [9.17, 15) is 0 Å². The van der Waals surface area contributed by atoms with Crippen LogP contribution in [-0.4, -0.2) is 32.0 Å². The molecule has 1 fully saturated rings.